The van der Waals surface area contributed by atoms with Crippen LogP contribution < -0.4 is 14.8 Å². The molecule has 1 aromatic rings. The highest BCUT2D eigenvalue weighted by Crippen LogP contribution is 2.40. The smallest absolute Gasteiger partial charge is 0.238 e. The standard InChI is InChI=1S/C12H15BrClNO3/c1-4-7(13)12(16)15-9-6-5-8(14)10(17-2)11(9)18-3/h5-7H,4H2,1-3H3,(H,15,16)/t7-/m1/s1. The van der Waals surface area contributed by atoms with Crippen molar-refractivity contribution in [3.8, 4) is 11.5 Å². The molecule has 0 aliphatic rings. The van der Waals surface area contributed by atoms with Gasteiger partial charge in [-0.3, -0.25) is 4.79 Å². The number of anilines is 1. The normalized spacial score (nSPS) is 11.8. The molecular weight excluding hydrogens is 321 g/mol. The summed E-state index contributed by atoms with van der Waals surface area (Å²) < 4.78 is 10.4. The summed E-state index contributed by atoms with van der Waals surface area (Å²) in [6.07, 6.45) is 0.693. The first kappa shape index (κ1) is 15.1. The summed E-state index contributed by atoms with van der Waals surface area (Å²) in [7, 11) is 2.99. The third-order valence-electron chi connectivity index (χ3n) is 2.37. The van der Waals surface area contributed by atoms with E-state index in [9.17, 15) is 4.79 Å². The van der Waals surface area contributed by atoms with Gasteiger partial charge in [0.25, 0.3) is 0 Å². The van der Waals surface area contributed by atoms with Crippen LogP contribution in [0, 0.1) is 0 Å². The fourth-order valence-corrected chi connectivity index (χ4v) is 1.77. The van der Waals surface area contributed by atoms with E-state index in [4.69, 9.17) is 21.1 Å². The quantitative estimate of drug-likeness (QED) is 0.838. The Morgan fingerprint density at radius 2 is 2.00 bits per heavy atom. The number of halogens is 2. The molecule has 100 valence electrons. The first-order valence-corrected chi connectivity index (χ1v) is 6.69. The van der Waals surface area contributed by atoms with Gasteiger partial charge in [-0.25, -0.2) is 0 Å². The van der Waals surface area contributed by atoms with Crippen LogP contribution in [0.5, 0.6) is 11.5 Å². The highest BCUT2D eigenvalue weighted by Gasteiger charge is 2.18. The molecule has 0 saturated carbocycles. The molecule has 0 aliphatic carbocycles. The highest BCUT2D eigenvalue weighted by atomic mass is 79.9. The number of hydrogen-bond acceptors (Lipinski definition) is 3. The Hall–Kier alpha value is -0.940. The zero-order valence-electron chi connectivity index (χ0n) is 10.4. The molecule has 0 bridgehead atoms. The lowest BCUT2D eigenvalue weighted by molar-refractivity contribution is -0.115. The van der Waals surface area contributed by atoms with E-state index >= 15 is 0 Å². The van der Waals surface area contributed by atoms with Crippen molar-refractivity contribution in [1.82, 2.24) is 0 Å². The van der Waals surface area contributed by atoms with Gasteiger partial charge in [-0.15, -0.1) is 0 Å². The van der Waals surface area contributed by atoms with Crippen LogP contribution in [0.15, 0.2) is 12.1 Å². The van der Waals surface area contributed by atoms with E-state index in [0.29, 0.717) is 28.6 Å². The second-order valence-electron chi connectivity index (χ2n) is 3.53. The molecule has 1 aromatic carbocycles. The molecule has 0 saturated heterocycles. The van der Waals surface area contributed by atoms with E-state index in [1.165, 1.54) is 14.2 Å². The van der Waals surface area contributed by atoms with Crippen LogP contribution in [-0.4, -0.2) is 25.0 Å². The average molecular weight is 337 g/mol. The predicted octanol–water partition coefficient (Wildman–Crippen LogP) is 3.47. The summed E-state index contributed by atoms with van der Waals surface area (Å²) in [5.41, 5.74) is 0.529. The number of carbonyl (C=O) groups excluding carboxylic acids is 1. The van der Waals surface area contributed by atoms with Crippen LogP contribution in [0.25, 0.3) is 0 Å². The van der Waals surface area contributed by atoms with E-state index in [-0.39, 0.29) is 10.7 Å². The summed E-state index contributed by atoms with van der Waals surface area (Å²) in [5.74, 6) is 0.675. The van der Waals surface area contributed by atoms with Crippen molar-refractivity contribution in [3.63, 3.8) is 0 Å². The second kappa shape index (κ2) is 6.85. The van der Waals surface area contributed by atoms with E-state index in [2.05, 4.69) is 21.2 Å². The third kappa shape index (κ3) is 3.29. The summed E-state index contributed by atoms with van der Waals surface area (Å²) in [4.78, 5) is 11.6. The number of hydrogen-bond donors (Lipinski definition) is 1. The first-order valence-electron chi connectivity index (χ1n) is 5.40. The van der Waals surface area contributed by atoms with Crippen molar-refractivity contribution in [2.24, 2.45) is 0 Å². The molecule has 1 N–H and O–H groups in total. The Balaban J connectivity index is 3.06. The summed E-state index contributed by atoms with van der Waals surface area (Å²) in [6.45, 7) is 1.92. The molecule has 0 aromatic heterocycles. The van der Waals surface area contributed by atoms with Gasteiger partial charge in [0.15, 0.2) is 11.5 Å². The number of benzene rings is 1. The molecule has 1 atom stereocenters. The zero-order valence-corrected chi connectivity index (χ0v) is 12.8. The molecule has 1 rings (SSSR count). The van der Waals surface area contributed by atoms with Crippen LogP contribution in [0.3, 0.4) is 0 Å². The van der Waals surface area contributed by atoms with Gasteiger partial charge in [-0.05, 0) is 18.6 Å². The lowest BCUT2D eigenvalue weighted by atomic mass is 10.2. The van der Waals surface area contributed by atoms with Crippen LogP contribution in [0.4, 0.5) is 5.69 Å². The Bertz CT molecular complexity index is 440. The molecule has 0 heterocycles. The molecule has 0 spiro atoms. The van der Waals surface area contributed by atoms with Crippen molar-refractivity contribution in [3.05, 3.63) is 17.2 Å². The Morgan fingerprint density at radius 1 is 1.39 bits per heavy atom. The minimum absolute atomic E-state index is 0.139. The lowest BCUT2D eigenvalue weighted by Gasteiger charge is -2.15. The number of amides is 1. The molecule has 0 radical (unpaired) electrons. The predicted molar refractivity (Wildman–Crippen MR) is 76.2 cm³/mol. The van der Waals surface area contributed by atoms with Crippen molar-refractivity contribution in [2.45, 2.75) is 18.2 Å². The third-order valence-corrected chi connectivity index (χ3v) is 3.73. The van der Waals surface area contributed by atoms with Crippen molar-refractivity contribution in [2.75, 3.05) is 19.5 Å². The Morgan fingerprint density at radius 3 is 2.50 bits per heavy atom. The number of methoxy groups -OCH3 is 2. The van der Waals surface area contributed by atoms with Crippen LogP contribution in [0.1, 0.15) is 13.3 Å². The maximum Gasteiger partial charge on any atom is 0.238 e. The number of rotatable bonds is 5. The lowest BCUT2D eigenvalue weighted by Crippen LogP contribution is -2.22. The van der Waals surface area contributed by atoms with Gasteiger partial charge in [0.2, 0.25) is 5.91 Å². The van der Waals surface area contributed by atoms with Gasteiger partial charge in [0, 0.05) is 0 Å². The number of carbonyl (C=O) groups is 1. The monoisotopic (exact) mass is 335 g/mol. The molecule has 4 nitrogen and oxygen atoms in total. The fourth-order valence-electron chi connectivity index (χ4n) is 1.43. The summed E-state index contributed by atoms with van der Waals surface area (Å²) >= 11 is 9.27. The van der Waals surface area contributed by atoms with Gasteiger partial charge in [-0.1, -0.05) is 34.5 Å². The molecule has 18 heavy (non-hydrogen) atoms. The molecule has 1 amide bonds. The van der Waals surface area contributed by atoms with Crippen LogP contribution in [0.2, 0.25) is 5.02 Å². The minimum atomic E-state index is -0.246. The SMILES string of the molecule is CC[C@@H](Br)C(=O)Nc1ccc(Cl)c(OC)c1OC. The average Bonchev–Trinajstić information content (AvgIpc) is 2.38. The van der Waals surface area contributed by atoms with Crippen molar-refractivity contribution in [1.29, 1.82) is 0 Å². The Kier molecular flexibility index (Phi) is 5.75. The Labute approximate surface area is 120 Å². The van der Waals surface area contributed by atoms with Gasteiger partial charge in [0.05, 0.1) is 29.8 Å². The van der Waals surface area contributed by atoms with Gasteiger partial charge < -0.3 is 14.8 Å². The fraction of sp³-hybridized carbons (Fsp3) is 0.417. The zero-order chi connectivity index (χ0) is 13.7. The number of nitrogens with one attached hydrogen (secondary N) is 1. The first-order chi connectivity index (χ1) is 8.54. The van der Waals surface area contributed by atoms with E-state index in [1.54, 1.807) is 12.1 Å². The van der Waals surface area contributed by atoms with Crippen LogP contribution >= 0.6 is 27.5 Å². The van der Waals surface area contributed by atoms with Crippen LogP contribution in [-0.2, 0) is 4.79 Å². The highest BCUT2D eigenvalue weighted by molar-refractivity contribution is 9.10. The van der Waals surface area contributed by atoms with Gasteiger partial charge in [0.1, 0.15) is 0 Å². The maximum atomic E-state index is 11.8. The largest absolute Gasteiger partial charge is 0.491 e. The number of ether oxygens (including phenoxy) is 2. The van der Waals surface area contributed by atoms with Crippen molar-refractivity contribution < 1.29 is 14.3 Å². The molecule has 6 heteroatoms. The molecule has 0 unspecified atom stereocenters. The maximum absolute atomic E-state index is 11.8. The van der Waals surface area contributed by atoms with E-state index < -0.39 is 0 Å². The van der Waals surface area contributed by atoms with Gasteiger partial charge in [-0.2, -0.15) is 0 Å². The molecular formula is C12H15BrClNO3. The van der Waals surface area contributed by atoms with E-state index in [0.717, 1.165) is 0 Å². The van der Waals surface area contributed by atoms with Crippen molar-refractivity contribution >= 4 is 39.1 Å². The number of alkyl halides is 1. The second-order valence-corrected chi connectivity index (χ2v) is 5.04. The molecule has 0 aliphatic heterocycles. The van der Waals surface area contributed by atoms with Gasteiger partial charge >= 0.3 is 0 Å². The summed E-state index contributed by atoms with van der Waals surface area (Å²) in [6, 6.07) is 3.32. The minimum Gasteiger partial charge on any atom is -0.491 e. The van der Waals surface area contributed by atoms with E-state index in [1.807, 2.05) is 6.92 Å². The molecule has 0 fully saturated rings. The topological polar surface area (TPSA) is 47.6 Å². The summed E-state index contributed by atoms with van der Waals surface area (Å²) in [5, 5.41) is 3.19.